The lowest BCUT2D eigenvalue weighted by atomic mass is 10.2. The van der Waals surface area contributed by atoms with Crippen molar-refractivity contribution < 1.29 is 9.47 Å². The second kappa shape index (κ2) is 7.44. The molecule has 21 heavy (non-hydrogen) atoms. The van der Waals surface area contributed by atoms with Gasteiger partial charge in [-0.05, 0) is 24.6 Å². The minimum absolute atomic E-state index is 0.333. The molecule has 0 unspecified atom stereocenters. The first-order chi connectivity index (χ1) is 10.2. The molecule has 0 amide bonds. The molecule has 2 rings (SSSR count). The van der Waals surface area contributed by atoms with E-state index < -0.39 is 0 Å². The van der Waals surface area contributed by atoms with Crippen LogP contribution in [-0.4, -0.2) is 30.2 Å². The average molecular weight is 288 g/mol. The summed E-state index contributed by atoms with van der Waals surface area (Å²) in [5.41, 5.74) is 6.90. The molecule has 6 nitrogen and oxygen atoms in total. The zero-order valence-corrected chi connectivity index (χ0v) is 12.3. The van der Waals surface area contributed by atoms with Crippen LogP contribution in [-0.2, 0) is 11.3 Å². The molecule has 0 aliphatic heterocycles. The molecule has 112 valence electrons. The largest absolute Gasteiger partial charge is 0.492 e. The van der Waals surface area contributed by atoms with E-state index >= 15 is 0 Å². The van der Waals surface area contributed by atoms with Crippen LogP contribution in [0.15, 0.2) is 30.3 Å². The number of methoxy groups -OCH3 is 1. The van der Waals surface area contributed by atoms with Gasteiger partial charge >= 0.3 is 0 Å². The Morgan fingerprint density at radius 3 is 2.86 bits per heavy atom. The van der Waals surface area contributed by atoms with E-state index in [2.05, 4.69) is 15.3 Å². The number of nitrogens with one attached hydrogen (secondary N) is 1. The second-order valence-electron chi connectivity index (χ2n) is 4.62. The molecule has 1 aromatic carbocycles. The molecule has 3 N–H and O–H groups in total. The third kappa shape index (κ3) is 4.92. The van der Waals surface area contributed by atoms with E-state index in [0.29, 0.717) is 37.2 Å². The van der Waals surface area contributed by atoms with Gasteiger partial charge in [-0.15, -0.1) is 0 Å². The van der Waals surface area contributed by atoms with Gasteiger partial charge in [0.05, 0.1) is 6.54 Å². The first kappa shape index (κ1) is 15.1. The third-order valence-corrected chi connectivity index (χ3v) is 2.73. The number of nitrogens with zero attached hydrogens (tertiary/aromatic N) is 2. The summed E-state index contributed by atoms with van der Waals surface area (Å²) in [5.74, 6) is 2.50. The van der Waals surface area contributed by atoms with E-state index in [1.807, 2.05) is 31.2 Å². The molecule has 1 aromatic heterocycles. The fourth-order valence-corrected chi connectivity index (χ4v) is 1.86. The molecule has 0 radical (unpaired) electrons. The van der Waals surface area contributed by atoms with Gasteiger partial charge in [-0.1, -0.05) is 12.1 Å². The van der Waals surface area contributed by atoms with E-state index in [9.17, 15) is 0 Å². The van der Waals surface area contributed by atoms with E-state index in [1.165, 1.54) is 5.56 Å². The van der Waals surface area contributed by atoms with Gasteiger partial charge in [0.25, 0.3) is 0 Å². The fraction of sp³-hybridized carbons (Fsp3) is 0.333. The van der Waals surface area contributed by atoms with Crippen LogP contribution in [0.25, 0.3) is 0 Å². The molecule has 1 heterocycles. The Hall–Kier alpha value is -2.34. The lowest BCUT2D eigenvalue weighted by molar-refractivity contribution is 0.178. The van der Waals surface area contributed by atoms with Gasteiger partial charge in [0.2, 0.25) is 0 Å². The van der Waals surface area contributed by atoms with Crippen LogP contribution in [0.1, 0.15) is 11.4 Å². The minimum Gasteiger partial charge on any atom is -0.492 e. The summed E-state index contributed by atoms with van der Waals surface area (Å²) in [6.45, 7) is 3.52. The maximum Gasteiger partial charge on any atom is 0.158 e. The summed E-state index contributed by atoms with van der Waals surface area (Å²) < 4.78 is 10.7. The first-order valence-corrected chi connectivity index (χ1v) is 6.73. The van der Waals surface area contributed by atoms with Crippen LogP contribution in [0.3, 0.4) is 0 Å². The Morgan fingerprint density at radius 2 is 2.10 bits per heavy atom. The number of aromatic nitrogens is 2. The topological polar surface area (TPSA) is 82.3 Å². The van der Waals surface area contributed by atoms with Crippen molar-refractivity contribution >= 4 is 11.6 Å². The highest BCUT2D eigenvalue weighted by molar-refractivity contribution is 5.44. The van der Waals surface area contributed by atoms with Crippen molar-refractivity contribution in [1.82, 2.24) is 9.97 Å². The maximum atomic E-state index is 5.72. The van der Waals surface area contributed by atoms with Gasteiger partial charge in [-0.2, -0.15) is 0 Å². The SMILES string of the molecule is COCc1nc(N)cc(NCCOc2cccc(C)c2)n1. The summed E-state index contributed by atoms with van der Waals surface area (Å²) in [5, 5.41) is 3.16. The van der Waals surface area contributed by atoms with Gasteiger partial charge in [0, 0.05) is 13.2 Å². The predicted octanol–water partition coefficient (Wildman–Crippen LogP) is 2.00. The summed E-state index contributed by atoms with van der Waals surface area (Å²) in [4.78, 5) is 8.38. The van der Waals surface area contributed by atoms with Crippen LogP contribution in [0.4, 0.5) is 11.6 Å². The second-order valence-corrected chi connectivity index (χ2v) is 4.62. The van der Waals surface area contributed by atoms with E-state index in [0.717, 1.165) is 5.75 Å². The lowest BCUT2D eigenvalue weighted by Gasteiger charge is -2.10. The van der Waals surface area contributed by atoms with E-state index in [4.69, 9.17) is 15.2 Å². The van der Waals surface area contributed by atoms with Crippen molar-refractivity contribution in [3.63, 3.8) is 0 Å². The number of nitrogens with two attached hydrogens (primary N) is 1. The van der Waals surface area contributed by atoms with Crippen LogP contribution < -0.4 is 15.8 Å². The fourth-order valence-electron chi connectivity index (χ4n) is 1.86. The highest BCUT2D eigenvalue weighted by Crippen LogP contribution is 2.12. The van der Waals surface area contributed by atoms with E-state index in [-0.39, 0.29) is 0 Å². The van der Waals surface area contributed by atoms with Gasteiger partial charge in [0.15, 0.2) is 5.82 Å². The molecule has 0 fully saturated rings. The van der Waals surface area contributed by atoms with Gasteiger partial charge in [-0.25, -0.2) is 9.97 Å². The Labute approximate surface area is 124 Å². The van der Waals surface area contributed by atoms with Crippen molar-refractivity contribution in [2.24, 2.45) is 0 Å². The first-order valence-electron chi connectivity index (χ1n) is 6.73. The van der Waals surface area contributed by atoms with Crippen LogP contribution in [0.2, 0.25) is 0 Å². The molecule has 6 heteroatoms. The van der Waals surface area contributed by atoms with Crippen molar-refractivity contribution in [1.29, 1.82) is 0 Å². The standard InChI is InChI=1S/C15H20N4O2/c1-11-4-3-5-12(8-11)21-7-6-17-14-9-13(16)18-15(19-14)10-20-2/h3-5,8-9H,6-7,10H2,1-2H3,(H3,16,17,18,19). The molecule has 0 saturated carbocycles. The summed E-state index contributed by atoms with van der Waals surface area (Å²) in [6, 6.07) is 9.63. The average Bonchev–Trinajstić information content (AvgIpc) is 2.43. The van der Waals surface area contributed by atoms with Crippen LogP contribution in [0, 0.1) is 6.92 Å². The number of benzene rings is 1. The Balaban J connectivity index is 1.83. The number of rotatable bonds is 7. The molecule has 0 spiro atoms. The smallest absolute Gasteiger partial charge is 0.158 e. The monoisotopic (exact) mass is 288 g/mol. The summed E-state index contributed by atoms with van der Waals surface area (Å²) >= 11 is 0. The Morgan fingerprint density at radius 1 is 1.24 bits per heavy atom. The number of hydrogen-bond donors (Lipinski definition) is 2. The third-order valence-electron chi connectivity index (χ3n) is 2.73. The van der Waals surface area contributed by atoms with Gasteiger partial charge in [-0.3, -0.25) is 0 Å². The van der Waals surface area contributed by atoms with Gasteiger partial charge < -0.3 is 20.5 Å². The number of aryl methyl sites for hydroxylation is 1. The summed E-state index contributed by atoms with van der Waals surface area (Å²) in [6.07, 6.45) is 0. The Kier molecular flexibility index (Phi) is 5.34. The molecular formula is C15H20N4O2. The number of nitrogen functional groups attached to an aromatic ring is 1. The minimum atomic E-state index is 0.333. The zero-order chi connectivity index (χ0) is 15.1. The highest BCUT2D eigenvalue weighted by Gasteiger charge is 2.02. The molecule has 2 aromatic rings. The molecule has 0 aliphatic rings. The van der Waals surface area contributed by atoms with Gasteiger partial charge in [0.1, 0.15) is 30.6 Å². The normalized spacial score (nSPS) is 10.4. The van der Waals surface area contributed by atoms with E-state index in [1.54, 1.807) is 13.2 Å². The number of ether oxygens (including phenoxy) is 2. The predicted molar refractivity (Wildman–Crippen MR) is 82.3 cm³/mol. The number of hydrogen-bond acceptors (Lipinski definition) is 6. The highest BCUT2D eigenvalue weighted by atomic mass is 16.5. The van der Waals surface area contributed by atoms with Crippen molar-refractivity contribution in [3.05, 3.63) is 41.7 Å². The van der Waals surface area contributed by atoms with Crippen molar-refractivity contribution in [2.45, 2.75) is 13.5 Å². The molecule has 0 aliphatic carbocycles. The number of anilines is 2. The molecule has 0 atom stereocenters. The van der Waals surface area contributed by atoms with Crippen molar-refractivity contribution in [3.8, 4) is 5.75 Å². The molecule has 0 bridgehead atoms. The quantitative estimate of drug-likeness (QED) is 0.758. The Bertz CT molecular complexity index is 590. The molecule has 0 saturated heterocycles. The molecular weight excluding hydrogens is 268 g/mol. The maximum absolute atomic E-state index is 5.72. The van der Waals surface area contributed by atoms with Crippen LogP contribution in [0.5, 0.6) is 5.75 Å². The van der Waals surface area contributed by atoms with Crippen molar-refractivity contribution in [2.75, 3.05) is 31.3 Å². The van der Waals surface area contributed by atoms with Crippen LogP contribution >= 0.6 is 0 Å². The summed E-state index contributed by atoms with van der Waals surface area (Å²) in [7, 11) is 1.59. The zero-order valence-electron chi connectivity index (χ0n) is 12.3. The lowest BCUT2D eigenvalue weighted by Crippen LogP contribution is -2.14.